The van der Waals surface area contributed by atoms with Crippen LogP contribution in [-0.4, -0.2) is 53.4 Å². The maximum Gasteiger partial charge on any atom is 0.306 e. The van der Waals surface area contributed by atoms with Crippen LogP contribution in [0.25, 0.3) is 0 Å². The van der Waals surface area contributed by atoms with E-state index in [0.717, 1.165) is 44.1 Å². The zero-order chi connectivity index (χ0) is 23.7. The van der Waals surface area contributed by atoms with E-state index in [9.17, 15) is 15.0 Å². The minimum absolute atomic E-state index is 0.0107. The van der Waals surface area contributed by atoms with E-state index in [-0.39, 0.29) is 26.2 Å². The van der Waals surface area contributed by atoms with Crippen LogP contribution in [0.2, 0.25) is 0 Å². The minimum Gasteiger partial charge on any atom is -0.453 e. The van der Waals surface area contributed by atoms with Crippen molar-refractivity contribution < 1.29 is 30.7 Å². The summed E-state index contributed by atoms with van der Waals surface area (Å²) in [7, 11) is 0. The third-order valence-corrected chi connectivity index (χ3v) is 5.54. The van der Waals surface area contributed by atoms with Crippen LogP contribution in [0, 0.1) is 0 Å². The summed E-state index contributed by atoms with van der Waals surface area (Å²) >= 11 is 0. The monoisotopic (exact) mass is 450 g/mol. The van der Waals surface area contributed by atoms with E-state index in [1.807, 2.05) is 30.3 Å². The highest BCUT2D eigenvalue weighted by molar-refractivity contribution is 5.92. The number of hydrogen-bond donors (Lipinski definition) is 2. The summed E-state index contributed by atoms with van der Waals surface area (Å²) in [4.78, 5) is 17.8. The van der Waals surface area contributed by atoms with Gasteiger partial charge in [0.05, 0.1) is 13.2 Å². The van der Waals surface area contributed by atoms with Crippen molar-refractivity contribution in [2.24, 2.45) is 5.16 Å². The Morgan fingerprint density at radius 3 is 2.50 bits per heavy atom. The molecule has 0 radical (unpaired) electrons. The Morgan fingerprint density at radius 2 is 1.81 bits per heavy atom. The lowest BCUT2D eigenvalue weighted by atomic mass is 10.0. The number of carbonyl (C=O) groups is 1. The van der Waals surface area contributed by atoms with Gasteiger partial charge < -0.3 is 24.5 Å². The molecule has 1 heterocycles. The number of aliphatic hydroxyl groups is 2. The van der Waals surface area contributed by atoms with E-state index in [0.29, 0.717) is 12.6 Å². The normalized spacial score (nSPS) is 22.5. The van der Waals surface area contributed by atoms with Gasteiger partial charge in [0.2, 0.25) is 0 Å². The molecule has 1 saturated heterocycles. The molecule has 0 bridgehead atoms. The number of benzene rings is 1. The first-order valence-electron chi connectivity index (χ1n) is 12.5. The van der Waals surface area contributed by atoms with Crippen molar-refractivity contribution in [2.45, 2.75) is 96.0 Å². The van der Waals surface area contributed by atoms with Crippen LogP contribution >= 0.6 is 0 Å². The second-order valence-electron chi connectivity index (χ2n) is 8.21. The van der Waals surface area contributed by atoms with E-state index >= 15 is 0 Å². The predicted octanol–water partition coefficient (Wildman–Crippen LogP) is 4.14. The van der Waals surface area contributed by atoms with Gasteiger partial charge in [0.25, 0.3) is 0 Å². The van der Waals surface area contributed by atoms with Crippen molar-refractivity contribution >= 4 is 11.7 Å². The van der Waals surface area contributed by atoms with Crippen LogP contribution < -0.4 is 0 Å². The van der Waals surface area contributed by atoms with Crippen molar-refractivity contribution in [1.82, 2.24) is 0 Å². The van der Waals surface area contributed by atoms with Gasteiger partial charge in [-0.05, 0) is 12.0 Å². The summed E-state index contributed by atoms with van der Waals surface area (Å²) in [5, 5.41) is 24.0. The molecule has 0 saturated carbocycles. The summed E-state index contributed by atoms with van der Waals surface area (Å²) in [5.74, 6) is -0.399. The fourth-order valence-electron chi connectivity index (χ4n) is 3.61. The van der Waals surface area contributed by atoms with Gasteiger partial charge in [-0.2, -0.15) is 0 Å². The third-order valence-electron chi connectivity index (χ3n) is 5.54. The fraction of sp³-hybridized carbons (Fsp3) is 0.680. The average molecular weight is 451 g/mol. The van der Waals surface area contributed by atoms with Crippen LogP contribution in [0.1, 0.15) is 78.0 Å². The van der Waals surface area contributed by atoms with Gasteiger partial charge in [-0.15, -0.1) is 0 Å². The highest BCUT2D eigenvalue weighted by Crippen LogP contribution is 2.19. The summed E-state index contributed by atoms with van der Waals surface area (Å²) in [6, 6.07) is 9.53. The van der Waals surface area contributed by atoms with E-state index < -0.39 is 24.3 Å². The molecule has 180 valence electrons. The molecule has 2 N–H and O–H groups in total. The zero-order valence-corrected chi connectivity index (χ0v) is 19.0. The molecule has 1 aromatic carbocycles. The summed E-state index contributed by atoms with van der Waals surface area (Å²) in [5.41, 5.74) is 1.23. The number of aliphatic hydroxyl groups excluding tert-OH is 2. The van der Waals surface area contributed by atoms with E-state index in [1.54, 1.807) is 0 Å². The highest BCUT2D eigenvalue weighted by Gasteiger charge is 2.40. The van der Waals surface area contributed by atoms with E-state index in [4.69, 9.17) is 15.7 Å². The van der Waals surface area contributed by atoms with Crippen molar-refractivity contribution in [3.63, 3.8) is 0 Å². The lowest BCUT2D eigenvalue weighted by molar-refractivity contribution is -0.161. The Kier molecular flexibility index (Phi) is 12.2. The first-order valence-corrected chi connectivity index (χ1v) is 11.8. The summed E-state index contributed by atoms with van der Waals surface area (Å²) < 4.78 is 18.1. The van der Waals surface area contributed by atoms with Crippen LogP contribution in [-0.2, 0) is 25.7 Å². The number of nitrogens with zero attached hydrogens (tertiary/aromatic N) is 1. The molecule has 1 aromatic rings. The van der Waals surface area contributed by atoms with Gasteiger partial charge in [-0.3, -0.25) is 4.79 Å². The fourth-order valence-corrected chi connectivity index (χ4v) is 3.61. The van der Waals surface area contributed by atoms with Gasteiger partial charge >= 0.3 is 5.97 Å². The quantitative estimate of drug-likeness (QED) is 0.237. The van der Waals surface area contributed by atoms with Crippen LogP contribution in [0.5, 0.6) is 0 Å². The highest BCUT2D eigenvalue weighted by atomic mass is 16.6. The Hall–Kier alpha value is -1.96. The van der Waals surface area contributed by atoms with Gasteiger partial charge in [-0.25, -0.2) is 0 Å². The van der Waals surface area contributed by atoms with Crippen molar-refractivity contribution in [2.75, 3.05) is 13.2 Å². The lowest BCUT2D eigenvalue weighted by Gasteiger charge is -2.34. The Labute approximate surface area is 193 Å². The molecule has 2 rings (SSSR count). The molecule has 1 fully saturated rings. The van der Waals surface area contributed by atoms with Gasteiger partial charge in [-0.1, -0.05) is 93.8 Å². The Morgan fingerprint density at radius 1 is 1.12 bits per heavy atom. The Balaban J connectivity index is 1.72. The zero-order valence-electron chi connectivity index (χ0n) is 20.0. The molecule has 0 aliphatic carbocycles. The first-order chi connectivity index (χ1) is 16.2. The van der Waals surface area contributed by atoms with Gasteiger partial charge in [0, 0.05) is 7.79 Å². The standard InChI is InChI=1S/C25H39NO6/c1-2-3-4-5-6-7-8-9-13-16-23(28)32-25-21(19-30-22(17-27)24(25)29)26-31-18-20-14-11-10-12-15-20/h10-12,14-15,22,24-25,27,29H,2-9,13,16-19H2,1H3/t22-,24-,25-/m1/s1/i1D. The Bertz CT molecular complexity index is 687. The molecule has 0 unspecified atom stereocenters. The number of unbranched alkanes of at least 4 members (excludes halogenated alkanes) is 8. The molecular weight excluding hydrogens is 410 g/mol. The molecule has 7 heteroatoms. The SMILES string of the molecule is [2H]CCCCCCCCCCCC(=O)O[C@@H]1C(=NOCc2ccccc2)CO[C@H](CO)[C@H]1O. The molecular formula is C25H39NO6. The van der Waals surface area contributed by atoms with E-state index in [2.05, 4.69) is 5.16 Å². The lowest BCUT2D eigenvalue weighted by Crippen LogP contribution is -2.53. The molecule has 0 aromatic heterocycles. The number of rotatable bonds is 15. The second-order valence-corrected chi connectivity index (χ2v) is 8.21. The van der Waals surface area contributed by atoms with E-state index in [1.165, 1.54) is 19.3 Å². The van der Waals surface area contributed by atoms with Crippen LogP contribution in [0.15, 0.2) is 35.5 Å². The topological polar surface area (TPSA) is 97.6 Å². The number of esters is 1. The average Bonchev–Trinajstić information content (AvgIpc) is 2.83. The van der Waals surface area contributed by atoms with Crippen molar-refractivity contribution in [3.05, 3.63) is 35.9 Å². The smallest absolute Gasteiger partial charge is 0.306 e. The van der Waals surface area contributed by atoms with Crippen molar-refractivity contribution in [3.8, 4) is 0 Å². The molecule has 1 aliphatic rings. The molecule has 1 aliphatic heterocycles. The number of hydrogen-bond acceptors (Lipinski definition) is 7. The predicted molar refractivity (Wildman–Crippen MR) is 123 cm³/mol. The molecule has 0 spiro atoms. The van der Waals surface area contributed by atoms with Gasteiger partial charge in [0.15, 0.2) is 6.10 Å². The summed E-state index contributed by atoms with van der Waals surface area (Å²) in [6.07, 6.45) is 6.91. The number of oxime groups is 1. The van der Waals surface area contributed by atoms with Gasteiger partial charge in [0.1, 0.15) is 24.5 Å². The largest absolute Gasteiger partial charge is 0.453 e. The summed E-state index contributed by atoms with van der Waals surface area (Å²) in [6.45, 7) is 0.401. The van der Waals surface area contributed by atoms with Crippen LogP contribution in [0.3, 0.4) is 0 Å². The maximum atomic E-state index is 12.4. The molecule has 32 heavy (non-hydrogen) atoms. The number of carbonyl (C=O) groups excluding carboxylic acids is 1. The second kappa shape index (κ2) is 15.8. The minimum atomic E-state index is -1.21. The number of ether oxygens (including phenoxy) is 2. The maximum absolute atomic E-state index is 12.4. The first kappa shape index (κ1) is 24.7. The van der Waals surface area contributed by atoms with Crippen molar-refractivity contribution in [1.29, 1.82) is 0 Å². The molecule has 7 nitrogen and oxygen atoms in total. The molecule has 0 amide bonds. The molecule has 3 atom stereocenters. The van der Waals surface area contributed by atoms with Crippen LogP contribution in [0.4, 0.5) is 0 Å². The third kappa shape index (κ3) is 9.67.